The minimum absolute atomic E-state index is 0.0984. The molecular weight excluding hydrogens is 381 g/mol. The Kier molecular flexibility index (Phi) is 4.96. The summed E-state index contributed by atoms with van der Waals surface area (Å²) in [7, 11) is 0. The van der Waals surface area contributed by atoms with Crippen molar-refractivity contribution in [3.05, 3.63) is 45.5 Å². The lowest BCUT2D eigenvalue weighted by Crippen LogP contribution is -2.15. The number of halogens is 3. The predicted molar refractivity (Wildman–Crippen MR) is 92.6 cm³/mol. The summed E-state index contributed by atoms with van der Waals surface area (Å²) in [5.74, 6) is 0.0688. The van der Waals surface area contributed by atoms with Crippen molar-refractivity contribution < 1.29 is 9.21 Å². The Balaban J connectivity index is 1.63. The topological polar surface area (TPSA) is 68.0 Å². The molecule has 23 heavy (non-hydrogen) atoms. The van der Waals surface area contributed by atoms with Crippen LogP contribution in [0.25, 0.3) is 11.1 Å². The first-order valence-corrected chi connectivity index (χ1v) is 8.43. The Hall–Kier alpha value is -1.47. The van der Waals surface area contributed by atoms with Crippen LogP contribution >= 0.6 is 46.6 Å². The van der Waals surface area contributed by atoms with Crippen LogP contribution in [0.4, 0.5) is 5.82 Å². The third-order valence-electron chi connectivity index (χ3n) is 2.72. The van der Waals surface area contributed by atoms with E-state index in [-0.39, 0.29) is 22.5 Å². The van der Waals surface area contributed by atoms with Gasteiger partial charge in [0.1, 0.15) is 5.52 Å². The third kappa shape index (κ3) is 4.09. The second kappa shape index (κ2) is 6.97. The van der Waals surface area contributed by atoms with Gasteiger partial charge in [0.05, 0.1) is 15.8 Å². The van der Waals surface area contributed by atoms with E-state index in [1.54, 1.807) is 18.2 Å². The molecule has 0 aliphatic heterocycles. The van der Waals surface area contributed by atoms with E-state index >= 15 is 0 Å². The normalized spacial score (nSPS) is 10.9. The molecular formula is C14H8Cl3N3O2S. The number of thioether (sulfide) groups is 1. The molecule has 0 spiro atoms. The van der Waals surface area contributed by atoms with Crippen molar-refractivity contribution in [3.63, 3.8) is 0 Å². The van der Waals surface area contributed by atoms with Gasteiger partial charge >= 0.3 is 0 Å². The number of anilines is 1. The molecule has 0 radical (unpaired) electrons. The van der Waals surface area contributed by atoms with E-state index in [4.69, 9.17) is 39.2 Å². The predicted octanol–water partition coefficient (Wildman–Crippen LogP) is 4.91. The number of oxazole rings is 1. The zero-order valence-electron chi connectivity index (χ0n) is 11.3. The van der Waals surface area contributed by atoms with E-state index in [0.29, 0.717) is 26.4 Å². The number of benzene rings is 1. The Labute approximate surface area is 150 Å². The number of aromatic nitrogens is 2. The first-order valence-electron chi connectivity index (χ1n) is 6.31. The van der Waals surface area contributed by atoms with Gasteiger partial charge in [0.15, 0.2) is 11.4 Å². The lowest BCUT2D eigenvalue weighted by atomic mass is 10.3. The number of carbonyl (C=O) groups is 1. The average molecular weight is 389 g/mol. The molecule has 0 aliphatic carbocycles. The minimum atomic E-state index is -0.285. The fraction of sp³-hybridized carbons (Fsp3) is 0.0714. The highest BCUT2D eigenvalue weighted by Crippen LogP contribution is 2.26. The van der Waals surface area contributed by atoms with Gasteiger partial charge in [-0.2, -0.15) is 0 Å². The van der Waals surface area contributed by atoms with Gasteiger partial charge in [-0.15, -0.1) is 0 Å². The molecule has 2 heterocycles. The fourth-order valence-electron chi connectivity index (χ4n) is 1.74. The molecule has 1 N–H and O–H groups in total. The van der Waals surface area contributed by atoms with Gasteiger partial charge in [-0.1, -0.05) is 46.6 Å². The molecule has 0 fully saturated rings. The standard InChI is InChI=1S/C14H8Cl3N3O2S/c15-7-1-2-11-10(4-7)19-14(22-11)23-6-12(21)20-13-9(17)3-8(16)5-18-13/h1-5H,6H2,(H,18,20,21). The second-order valence-corrected chi connectivity index (χ2v) is 6.62. The molecule has 2 aromatic heterocycles. The van der Waals surface area contributed by atoms with E-state index in [2.05, 4.69) is 15.3 Å². The van der Waals surface area contributed by atoms with Crippen LogP contribution in [-0.4, -0.2) is 21.6 Å². The molecule has 0 unspecified atom stereocenters. The van der Waals surface area contributed by atoms with Gasteiger partial charge in [-0.25, -0.2) is 9.97 Å². The van der Waals surface area contributed by atoms with Crippen molar-refractivity contribution in [2.45, 2.75) is 5.22 Å². The lowest BCUT2D eigenvalue weighted by molar-refractivity contribution is -0.113. The number of amides is 1. The molecule has 1 amide bonds. The van der Waals surface area contributed by atoms with E-state index in [1.807, 2.05) is 0 Å². The number of pyridine rings is 1. The van der Waals surface area contributed by atoms with E-state index in [1.165, 1.54) is 12.3 Å². The summed E-state index contributed by atoms with van der Waals surface area (Å²) in [5.41, 5.74) is 1.25. The molecule has 0 atom stereocenters. The van der Waals surface area contributed by atoms with Crippen LogP contribution < -0.4 is 5.32 Å². The molecule has 0 saturated heterocycles. The molecule has 3 aromatic rings. The minimum Gasteiger partial charge on any atom is -0.431 e. The molecule has 118 valence electrons. The zero-order chi connectivity index (χ0) is 16.4. The van der Waals surface area contributed by atoms with Crippen molar-refractivity contribution in [1.82, 2.24) is 9.97 Å². The highest BCUT2D eigenvalue weighted by Gasteiger charge is 2.12. The van der Waals surface area contributed by atoms with Gasteiger partial charge in [0.2, 0.25) is 5.91 Å². The maximum Gasteiger partial charge on any atom is 0.257 e. The molecule has 0 aliphatic rings. The van der Waals surface area contributed by atoms with Crippen LogP contribution in [0.15, 0.2) is 40.1 Å². The fourth-order valence-corrected chi connectivity index (χ4v) is 2.98. The summed E-state index contributed by atoms with van der Waals surface area (Å²) < 4.78 is 5.52. The summed E-state index contributed by atoms with van der Waals surface area (Å²) in [4.78, 5) is 20.2. The smallest absolute Gasteiger partial charge is 0.257 e. The number of nitrogens with one attached hydrogen (secondary N) is 1. The van der Waals surface area contributed by atoms with Crippen molar-refractivity contribution >= 4 is 69.4 Å². The summed E-state index contributed by atoms with van der Waals surface area (Å²) in [5, 5.41) is 4.22. The largest absolute Gasteiger partial charge is 0.431 e. The highest BCUT2D eigenvalue weighted by molar-refractivity contribution is 7.99. The number of rotatable bonds is 4. The Morgan fingerprint density at radius 3 is 2.83 bits per heavy atom. The lowest BCUT2D eigenvalue weighted by Gasteiger charge is -2.05. The first-order chi connectivity index (χ1) is 11.0. The summed E-state index contributed by atoms with van der Waals surface area (Å²) in [6, 6.07) is 6.64. The molecule has 9 heteroatoms. The first kappa shape index (κ1) is 16.4. The number of carbonyl (C=O) groups excluding carboxylic acids is 1. The maximum absolute atomic E-state index is 11.9. The molecule has 1 aromatic carbocycles. The van der Waals surface area contributed by atoms with Gasteiger partial charge in [0, 0.05) is 11.2 Å². The van der Waals surface area contributed by atoms with E-state index in [0.717, 1.165) is 11.8 Å². The zero-order valence-corrected chi connectivity index (χ0v) is 14.4. The molecule has 3 rings (SSSR count). The number of hydrogen-bond acceptors (Lipinski definition) is 5. The highest BCUT2D eigenvalue weighted by atomic mass is 35.5. The summed E-state index contributed by atoms with van der Waals surface area (Å²) in [6.45, 7) is 0. The van der Waals surface area contributed by atoms with Crippen LogP contribution in [0, 0.1) is 0 Å². The number of fused-ring (bicyclic) bond motifs is 1. The van der Waals surface area contributed by atoms with Crippen LogP contribution in [0.5, 0.6) is 0 Å². The van der Waals surface area contributed by atoms with E-state index in [9.17, 15) is 4.79 Å². The number of nitrogens with zero attached hydrogens (tertiary/aromatic N) is 2. The van der Waals surface area contributed by atoms with Crippen molar-refractivity contribution in [2.24, 2.45) is 0 Å². The van der Waals surface area contributed by atoms with Gasteiger partial charge in [-0.05, 0) is 24.3 Å². The summed E-state index contributed by atoms with van der Waals surface area (Å²) in [6.07, 6.45) is 1.40. The monoisotopic (exact) mass is 387 g/mol. The van der Waals surface area contributed by atoms with Crippen LogP contribution in [-0.2, 0) is 4.79 Å². The van der Waals surface area contributed by atoms with Crippen molar-refractivity contribution in [2.75, 3.05) is 11.1 Å². The Bertz CT molecular complexity index is 885. The van der Waals surface area contributed by atoms with Crippen molar-refractivity contribution in [3.8, 4) is 0 Å². The second-order valence-electron chi connectivity index (χ2n) is 4.41. The van der Waals surface area contributed by atoms with Gasteiger partial charge in [-0.3, -0.25) is 4.79 Å². The van der Waals surface area contributed by atoms with Crippen LogP contribution in [0.1, 0.15) is 0 Å². The molecule has 0 saturated carbocycles. The van der Waals surface area contributed by atoms with Crippen LogP contribution in [0.2, 0.25) is 15.1 Å². The van der Waals surface area contributed by atoms with Gasteiger partial charge < -0.3 is 9.73 Å². The number of hydrogen-bond donors (Lipinski definition) is 1. The SMILES string of the molecule is O=C(CSc1nc2cc(Cl)ccc2o1)Nc1ncc(Cl)cc1Cl. The summed E-state index contributed by atoms with van der Waals surface area (Å²) >= 11 is 18.7. The van der Waals surface area contributed by atoms with Crippen LogP contribution in [0.3, 0.4) is 0 Å². The van der Waals surface area contributed by atoms with E-state index < -0.39 is 0 Å². The third-order valence-corrected chi connectivity index (χ3v) is 4.28. The average Bonchev–Trinajstić information content (AvgIpc) is 2.90. The quantitative estimate of drug-likeness (QED) is 0.643. The van der Waals surface area contributed by atoms with Crippen molar-refractivity contribution in [1.29, 1.82) is 0 Å². The molecule has 5 nitrogen and oxygen atoms in total. The molecule has 0 bridgehead atoms. The maximum atomic E-state index is 11.9. The Morgan fingerprint density at radius 1 is 1.22 bits per heavy atom. The van der Waals surface area contributed by atoms with Gasteiger partial charge in [0.25, 0.3) is 5.22 Å². The Morgan fingerprint density at radius 2 is 2.04 bits per heavy atom.